The highest BCUT2D eigenvalue weighted by molar-refractivity contribution is 7.13. The molecule has 4 rings (SSSR count). The molecule has 0 bridgehead atoms. The van der Waals surface area contributed by atoms with Gasteiger partial charge in [0.15, 0.2) is 0 Å². The maximum absolute atomic E-state index is 13.3. The van der Waals surface area contributed by atoms with E-state index in [1.54, 1.807) is 29.9 Å². The second-order valence-electron chi connectivity index (χ2n) is 9.90. The minimum atomic E-state index is 0.0328. The van der Waals surface area contributed by atoms with Gasteiger partial charge < -0.3 is 9.88 Å². The summed E-state index contributed by atoms with van der Waals surface area (Å²) in [5.74, 6) is 1.22. The van der Waals surface area contributed by atoms with E-state index in [-0.39, 0.29) is 5.91 Å². The van der Waals surface area contributed by atoms with Gasteiger partial charge in [0.1, 0.15) is 10.7 Å². The number of carbonyl (C=O) groups excluding carboxylic acids is 1. The van der Waals surface area contributed by atoms with Crippen molar-refractivity contribution < 1.29 is 4.79 Å². The van der Waals surface area contributed by atoms with Gasteiger partial charge in [0.05, 0.1) is 23.1 Å². The summed E-state index contributed by atoms with van der Waals surface area (Å²) >= 11 is 1.57. The van der Waals surface area contributed by atoms with Gasteiger partial charge in [-0.2, -0.15) is 0 Å². The summed E-state index contributed by atoms with van der Waals surface area (Å²) in [6.45, 7) is 8.21. The van der Waals surface area contributed by atoms with Crippen LogP contribution in [0, 0.1) is 18.8 Å². The average molecular weight is 494 g/mol. The third-order valence-electron chi connectivity index (χ3n) is 7.42. The molecule has 7 heteroatoms. The SMILES string of the molecule is CCCCC(CC)CNC(=O)c1cc(-c2csc(-c3cnccn3)n2)n(CC2CCCCC2)c1C. The summed E-state index contributed by atoms with van der Waals surface area (Å²) in [5, 5.41) is 6.17. The van der Waals surface area contributed by atoms with Gasteiger partial charge in [0, 0.05) is 36.6 Å². The molecule has 3 heterocycles. The molecule has 1 unspecified atom stereocenters. The van der Waals surface area contributed by atoms with Gasteiger partial charge in [-0.1, -0.05) is 52.4 Å². The fourth-order valence-electron chi connectivity index (χ4n) is 5.14. The van der Waals surface area contributed by atoms with E-state index in [0.717, 1.165) is 52.9 Å². The normalized spacial score (nSPS) is 15.3. The maximum Gasteiger partial charge on any atom is 0.253 e. The van der Waals surface area contributed by atoms with Gasteiger partial charge in [-0.25, -0.2) is 4.98 Å². The number of amides is 1. The molecule has 0 saturated heterocycles. The summed E-state index contributed by atoms with van der Waals surface area (Å²) in [5.41, 5.74) is 4.53. The molecule has 0 aromatic carbocycles. The van der Waals surface area contributed by atoms with Gasteiger partial charge in [-0.15, -0.1) is 11.3 Å². The molecule has 1 atom stereocenters. The lowest BCUT2D eigenvalue weighted by molar-refractivity contribution is 0.0945. The molecule has 3 aromatic heterocycles. The highest BCUT2D eigenvalue weighted by Crippen LogP contribution is 2.33. The first-order valence-corrected chi connectivity index (χ1v) is 14.2. The number of aromatic nitrogens is 4. The molecule has 188 valence electrons. The van der Waals surface area contributed by atoms with Crippen LogP contribution in [-0.4, -0.2) is 32.0 Å². The molecule has 1 saturated carbocycles. The summed E-state index contributed by atoms with van der Waals surface area (Å²) in [6.07, 6.45) is 16.3. The Morgan fingerprint density at radius 1 is 1.20 bits per heavy atom. The van der Waals surface area contributed by atoms with Crippen molar-refractivity contribution in [3.8, 4) is 22.1 Å². The molecular formula is C28H39N5OS. The summed E-state index contributed by atoms with van der Waals surface area (Å²) in [6, 6.07) is 2.05. The first-order chi connectivity index (χ1) is 17.1. The van der Waals surface area contributed by atoms with Crippen LogP contribution < -0.4 is 5.32 Å². The number of hydrogen-bond donors (Lipinski definition) is 1. The van der Waals surface area contributed by atoms with E-state index < -0.39 is 0 Å². The van der Waals surface area contributed by atoms with Gasteiger partial charge >= 0.3 is 0 Å². The number of thiazole rings is 1. The van der Waals surface area contributed by atoms with Crippen molar-refractivity contribution in [1.29, 1.82) is 0 Å². The molecule has 1 fully saturated rings. The molecule has 0 spiro atoms. The van der Waals surface area contributed by atoms with Crippen molar-refractivity contribution in [2.45, 2.75) is 85.1 Å². The monoisotopic (exact) mass is 493 g/mol. The van der Waals surface area contributed by atoms with Crippen LogP contribution in [0.1, 0.15) is 87.7 Å². The van der Waals surface area contributed by atoms with Crippen LogP contribution in [0.15, 0.2) is 30.0 Å². The van der Waals surface area contributed by atoms with E-state index in [1.165, 1.54) is 51.4 Å². The van der Waals surface area contributed by atoms with E-state index in [0.29, 0.717) is 11.8 Å². The molecule has 1 N–H and O–H groups in total. The smallest absolute Gasteiger partial charge is 0.253 e. The topological polar surface area (TPSA) is 72.7 Å². The van der Waals surface area contributed by atoms with E-state index in [4.69, 9.17) is 4.98 Å². The zero-order chi connectivity index (χ0) is 24.6. The fourth-order valence-corrected chi connectivity index (χ4v) is 5.92. The Labute approximate surface area is 213 Å². The van der Waals surface area contributed by atoms with Crippen molar-refractivity contribution in [3.63, 3.8) is 0 Å². The van der Waals surface area contributed by atoms with Crippen LogP contribution in [0.2, 0.25) is 0 Å². The Bertz CT molecular complexity index is 1080. The van der Waals surface area contributed by atoms with E-state index in [1.807, 2.05) is 0 Å². The van der Waals surface area contributed by atoms with Gasteiger partial charge in [0.2, 0.25) is 0 Å². The first-order valence-electron chi connectivity index (χ1n) is 13.3. The standard InChI is InChI=1S/C28H39N5OS/c1-4-6-10-21(5-2)16-31-27(34)23-15-26(33(20(23)3)18-22-11-8-7-9-12-22)25-19-35-28(32-25)24-17-29-13-14-30-24/h13-15,17,19,21-22H,4-12,16,18H2,1-3H3,(H,31,34). The van der Waals surface area contributed by atoms with Crippen LogP contribution in [0.25, 0.3) is 22.1 Å². The quantitative estimate of drug-likeness (QED) is 0.315. The lowest BCUT2D eigenvalue weighted by Gasteiger charge is -2.24. The number of unbranched alkanes of at least 4 members (excludes halogenated alkanes) is 1. The van der Waals surface area contributed by atoms with E-state index in [9.17, 15) is 4.79 Å². The number of hydrogen-bond acceptors (Lipinski definition) is 5. The zero-order valence-corrected chi connectivity index (χ0v) is 22.2. The van der Waals surface area contributed by atoms with Crippen LogP contribution >= 0.6 is 11.3 Å². The number of nitrogens with zero attached hydrogens (tertiary/aromatic N) is 4. The van der Waals surface area contributed by atoms with Crippen LogP contribution in [0.3, 0.4) is 0 Å². The average Bonchev–Trinajstić information content (AvgIpc) is 3.51. The zero-order valence-electron chi connectivity index (χ0n) is 21.4. The van der Waals surface area contributed by atoms with Gasteiger partial charge in [0.25, 0.3) is 5.91 Å². The van der Waals surface area contributed by atoms with Crippen molar-refractivity contribution >= 4 is 17.2 Å². The molecule has 1 aliphatic rings. The molecular weight excluding hydrogens is 454 g/mol. The highest BCUT2D eigenvalue weighted by atomic mass is 32.1. The maximum atomic E-state index is 13.3. The third-order valence-corrected chi connectivity index (χ3v) is 8.28. The minimum absolute atomic E-state index is 0.0328. The molecule has 35 heavy (non-hydrogen) atoms. The number of nitrogens with one attached hydrogen (secondary N) is 1. The Balaban J connectivity index is 1.60. The lowest BCUT2D eigenvalue weighted by Crippen LogP contribution is -2.29. The predicted molar refractivity (Wildman–Crippen MR) is 144 cm³/mol. The summed E-state index contributed by atoms with van der Waals surface area (Å²) in [7, 11) is 0. The van der Waals surface area contributed by atoms with Crippen molar-refractivity contribution in [3.05, 3.63) is 41.3 Å². The molecule has 0 aliphatic heterocycles. The fraction of sp³-hybridized carbons (Fsp3) is 0.571. The predicted octanol–water partition coefficient (Wildman–Crippen LogP) is 6.90. The Morgan fingerprint density at radius 2 is 2.03 bits per heavy atom. The van der Waals surface area contributed by atoms with Crippen LogP contribution in [-0.2, 0) is 6.54 Å². The Hall–Kier alpha value is -2.54. The van der Waals surface area contributed by atoms with Crippen LogP contribution in [0.4, 0.5) is 0 Å². The van der Waals surface area contributed by atoms with Crippen LogP contribution in [0.5, 0.6) is 0 Å². The van der Waals surface area contributed by atoms with Crippen molar-refractivity contribution in [2.24, 2.45) is 11.8 Å². The summed E-state index contributed by atoms with van der Waals surface area (Å²) in [4.78, 5) is 26.8. The lowest BCUT2D eigenvalue weighted by atomic mass is 9.89. The van der Waals surface area contributed by atoms with E-state index in [2.05, 4.69) is 52.1 Å². The van der Waals surface area contributed by atoms with Crippen molar-refractivity contribution in [1.82, 2.24) is 24.8 Å². The van der Waals surface area contributed by atoms with Gasteiger partial charge in [-0.05, 0) is 44.1 Å². The number of carbonyl (C=O) groups is 1. The second kappa shape index (κ2) is 12.4. The Kier molecular flexibility index (Phi) is 9.07. The minimum Gasteiger partial charge on any atom is -0.352 e. The summed E-state index contributed by atoms with van der Waals surface area (Å²) < 4.78 is 2.34. The molecule has 6 nitrogen and oxygen atoms in total. The van der Waals surface area contributed by atoms with E-state index >= 15 is 0 Å². The second-order valence-corrected chi connectivity index (χ2v) is 10.8. The molecule has 0 radical (unpaired) electrons. The van der Waals surface area contributed by atoms with Crippen molar-refractivity contribution in [2.75, 3.05) is 6.54 Å². The largest absolute Gasteiger partial charge is 0.352 e. The molecule has 1 amide bonds. The number of rotatable bonds is 11. The first kappa shape index (κ1) is 25.5. The molecule has 1 aliphatic carbocycles. The van der Waals surface area contributed by atoms with Gasteiger partial charge in [-0.3, -0.25) is 14.8 Å². The molecule has 3 aromatic rings. The third kappa shape index (κ3) is 6.37. The Morgan fingerprint density at radius 3 is 2.74 bits per heavy atom. The highest BCUT2D eigenvalue weighted by Gasteiger charge is 2.24.